The quantitative estimate of drug-likeness (QED) is 0.378. The Morgan fingerprint density at radius 1 is 1.04 bits per heavy atom. The number of nitrogens with zero attached hydrogens (tertiary/aromatic N) is 4. The molecule has 6 heteroatoms. The maximum atomic E-state index is 5.44. The van der Waals surface area contributed by atoms with Crippen LogP contribution < -0.4 is 0 Å². The van der Waals surface area contributed by atoms with Crippen LogP contribution in [0.25, 0.3) is 0 Å². The summed E-state index contributed by atoms with van der Waals surface area (Å²) in [6.07, 6.45) is 1.64. The van der Waals surface area contributed by atoms with Crippen molar-refractivity contribution in [3.05, 3.63) is 59.2 Å². The average Bonchev–Trinajstić information content (AvgIpc) is 2.65. The van der Waals surface area contributed by atoms with Gasteiger partial charge in [0.1, 0.15) is 25.1 Å². The smallest absolute Gasteiger partial charge is 0.117 e. The van der Waals surface area contributed by atoms with Crippen LogP contribution in [0.1, 0.15) is 50.0 Å². The van der Waals surface area contributed by atoms with Gasteiger partial charge in [-0.3, -0.25) is 9.97 Å². The summed E-state index contributed by atoms with van der Waals surface area (Å²) >= 11 is 0. The van der Waals surface area contributed by atoms with Gasteiger partial charge in [-0.1, -0.05) is 36.3 Å². The highest BCUT2D eigenvalue weighted by Gasteiger charge is 2.11. The molecule has 0 amide bonds. The molecule has 0 fully saturated rings. The molecular weight excluding hydrogens is 340 g/mol. The van der Waals surface area contributed by atoms with E-state index in [2.05, 4.69) is 29.1 Å². The Morgan fingerprint density at radius 3 is 2.48 bits per heavy atom. The molecule has 0 saturated heterocycles. The second-order valence-corrected chi connectivity index (χ2v) is 6.61. The van der Waals surface area contributed by atoms with E-state index >= 15 is 0 Å². The minimum atomic E-state index is 0.239. The number of hydrogen-bond acceptors (Lipinski definition) is 6. The molecule has 0 aliphatic heterocycles. The van der Waals surface area contributed by atoms with Crippen LogP contribution in [0, 0.1) is 12.8 Å². The zero-order valence-electron chi connectivity index (χ0n) is 16.8. The van der Waals surface area contributed by atoms with Crippen LogP contribution in [0.2, 0.25) is 0 Å². The minimum absolute atomic E-state index is 0.239. The van der Waals surface area contributed by atoms with E-state index in [1.165, 1.54) is 0 Å². The molecule has 0 N–H and O–H groups in total. The fraction of sp³-hybridized carbons (Fsp3) is 0.429. The molecule has 2 aromatic heterocycles. The van der Waals surface area contributed by atoms with E-state index in [-0.39, 0.29) is 5.92 Å². The summed E-state index contributed by atoms with van der Waals surface area (Å²) < 4.78 is 0. The van der Waals surface area contributed by atoms with Crippen LogP contribution in [-0.2, 0) is 16.1 Å². The van der Waals surface area contributed by atoms with Gasteiger partial charge in [0.2, 0.25) is 0 Å². The first kappa shape index (κ1) is 20.6. The molecule has 2 aromatic rings. The van der Waals surface area contributed by atoms with Gasteiger partial charge >= 0.3 is 0 Å². The van der Waals surface area contributed by atoms with E-state index in [1.54, 1.807) is 7.11 Å². The third kappa shape index (κ3) is 6.47. The van der Waals surface area contributed by atoms with Crippen LogP contribution in [-0.4, -0.2) is 35.1 Å². The zero-order chi connectivity index (χ0) is 19.6. The molecule has 0 saturated carbocycles. The highest BCUT2D eigenvalue weighted by atomic mass is 16.6. The first-order valence-corrected chi connectivity index (χ1v) is 9.19. The Labute approximate surface area is 161 Å². The van der Waals surface area contributed by atoms with E-state index in [9.17, 15) is 0 Å². The van der Waals surface area contributed by atoms with Crippen LogP contribution in [0.15, 0.2) is 46.7 Å². The highest BCUT2D eigenvalue weighted by molar-refractivity contribution is 5.99. The molecule has 2 rings (SSSR count). The Kier molecular flexibility index (Phi) is 7.92. The zero-order valence-corrected chi connectivity index (χ0v) is 16.8. The molecule has 6 nitrogen and oxygen atoms in total. The molecule has 0 aliphatic carbocycles. The Hall–Kier alpha value is -2.76. The first-order chi connectivity index (χ1) is 13.0. The molecule has 0 bridgehead atoms. The van der Waals surface area contributed by atoms with Gasteiger partial charge in [-0.25, -0.2) is 0 Å². The van der Waals surface area contributed by atoms with Crippen molar-refractivity contribution in [2.45, 2.75) is 40.5 Å². The van der Waals surface area contributed by atoms with Crippen LogP contribution in [0.5, 0.6) is 0 Å². The van der Waals surface area contributed by atoms with Gasteiger partial charge in [-0.05, 0) is 51.0 Å². The maximum absolute atomic E-state index is 5.44. The van der Waals surface area contributed by atoms with Crippen molar-refractivity contribution >= 4 is 11.4 Å². The summed E-state index contributed by atoms with van der Waals surface area (Å²) in [6, 6.07) is 11.8. The Bertz CT molecular complexity index is 800. The van der Waals surface area contributed by atoms with Crippen molar-refractivity contribution < 1.29 is 9.68 Å². The number of rotatable bonds is 9. The second-order valence-electron chi connectivity index (χ2n) is 6.61. The number of aromatic nitrogens is 2. The molecule has 0 spiro atoms. The number of pyridine rings is 2. The summed E-state index contributed by atoms with van der Waals surface area (Å²) in [5, 5.41) is 8.26. The van der Waals surface area contributed by atoms with Crippen molar-refractivity contribution in [1.82, 2.24) is 9.97 Å². The molecule has 0 unspecified atom stereocenters. The summed E-state index contributed by atoms with van der Waals surface area (Å²) in [5.74, 6) is 0.239. The lowest BCUT2D eigenvalue weighted by Crippen LogP contribution is -2.13. The molecule has 144 valence electrons. The third-order valence-corrected chi connectivity index (χ3v) is 3.93. The standard InChI is InChI=1S/C21H28N4O2/c1-15(2)21(25-26-5)20-13-7-10-18(23-20)11-8-14-27-24-17(4)19-12-6-9-16(3)22-19/h6-7,9-10,12-13,15H,8,11,14H2,1-5H3. The molecule has 0 aromatic carbocycles. The van der Waals surface area contributed by atoms with E-state index in [0.29, 0.717) is 6.61 Å². The summed E-state index contributed by atoms with van der Waals surface area (Å²) in [7, 11) is 1.55. The van der Waals surface area contributed by atoms with Gasteiger partial charge in [-0.2, -0.15) is 0 Å². The topological polar surface area (TPSA) is 69.0 Å². The molecule has 0 radical (unpaired) electrons. The van der Waals surface area contributed by atoms with Crippen molar-refractivity contribution in [1.29, 1.82) is 0 Å². The molecular formula is C21H28N4O2. The molecule has 0 aliphatic rings. The van der Waals surface area contributed by atoms with Gasteiger partial charge in [0, 0.05) is 17.3 Å². The predicted octanol–water partition coefficient (Wildman–Crippen LogP) is 4.16. The lowest BCUT2D eigenvalue weighted by Gasteiger charge is -2.10. The Balaban J connectivity index is 1.88. The van der Waals surface area contributed by atoms with E-state index < -0.39 is 0 Å². The Morgan fingerprint density at radius 2 is 1.78 bits per heavy atom. The second kappa shape index (κ2) is 10.4. The van der Waals surface area contributed by atoms with Gasteiger partial charge in [0.05, 0.1) is 11.4 Å². The minimum Gasteiger partial charge on any atom is -0.399 e. The van der Waals surface area contributed by atoms with E-state index in [4.69, 9.17) is 14.7 Å². The van der Waals surface area contributed by atoms with Crippen molar-refractivity contribution in [2.24, 2.45) is 16.2 Å². The van der Waals surface area contributed by atoms with Crippen LogP contribution in [0.3, 0.4) is 0 Å². The van der Waals surface area contributed by atoms with Crippen molar-refractivity contribution in [2.75, 3.05) is 13.7 Å². The molecule has 2 heterocycles. The van der Waals surface area contributed by atoms with Gasteiger partial charge in [-0.15, -0.1) is 0 Å². The number of oxime groups is 2. The molecule has 27 heavy (non-hydrogen) atoms. The maximum Gasteiger partial charge on any atom is 0.117 e. The normalized spacial score (nSPS) is 12.4. The van der Waals surface area contributed by atoms with Crippen LogP contribution >= 0.6 is 0 Å². The highest BCUT2D eigenvalue weighted by Crippen LogP contribution is 2.10. The van der Waals surface area contributed by atoms with E-state index in [1.807, 2.05) is 50.2 Å². The van der Waals surface area contributed by atoms with Crippen LogP contribution in [0.4, 0.5) is 0 Å². The average molecular weight is 368 g/mol. The lowest BCUT2D eigenvalue weighted by molar-refractivity contribution is 0.141. The monoisotopic (exact) mass is 368 g/mol. The van der Waals surface area contributed by atoms with Gasteiger partial charge in [0.25, 0.3) is 0 Å². The SMILES string of the molecule is CON=C(c1cccc(CCCON=C(C)c2cccc(C)n2)n1)C(C)C. The van der Waals surface area contributed by atoms with Crippen molar-refractivity contribution in [3.8, 4) is 0 Å². The van der Waals surface area contributed by atoms with Gasteiger partial charge in [0.15, 0.2) is 0 Å². The fourth-order valence-corrected chi connectivity index (χ4v) is 2.56. The van der Waals surface area contributed by atoms with E-state index in [0.717, 1.165) is 47.0 Å². The number of aryl methyl sites for hydroxylation is 2. The molecule has 0 atom stereocenters. The summed E-state index contributed by atoms with van der Waals surface area (Å²) in [6.45, 7) is 8.53. The summed E-state index contributed by atoms with van der Waals surface area (Å²) in [5.41, 5.74) is 5.28. The fourth-order valence-electron chi connectivity index (χ4n) is 2.56. The lowest BCUT2D eigenvalue weighted by atomic mass is 10.0. The van der Waals surface area contributed by atoms with Crippen molar-refractivity contribution in [3.63, 3.8) is 0 Å². The largest absolute Gasteiger partial charge is 0.399 e. The predicted molar refractivity (Wildman–Crippen MR) is 108 cm³/mol. The van der Waals surface area contributed by atoms with Gasteiger partial charge < -0.3 is 9.68 Å². The number of hydrogen-bond donors (Lipinski definition) is 0. The first-order valence-electron chi connectivity index (χ1n) is 9.19. The third-order valence-electron chi connectivity index (χ3n) is 3.93. The summed E-state index contributed by atoms with van der Waals surface area (Å²) in [4.78, 5) is 19.5.